The summed E-state index contributed by atoms with van der Waals surface area (Å²) in [6.45, 7) is 7.01. The first-order valence-corrected chi connectivity index (χ1v) is 11.0. The van der Waals surface area contributed by atoms with E-state index in [9.17, 15) is 24.0 Å². The molecule has 34 heavy (non-hydrogen) atoms. The molecule has 1 atom stereocenters. The number of nitrogens with zero attached hydrogens (tertiary/aromatic N) is 3. The fraction of sp³-hybridized carbons (Fsp3) is 0.478. The predicted octanol–water partition coefficient (Wildman–Crippen LogP) is 1.88. The lowest BCUT2D eigenvalue weighted by Gasteiger charge is -2.25. The van der Waals surface area contributed by atoms with Crippen molar-refractivity contribution in [2.45, 2.75) is 58.6 Å². The van der Waals surface area contributed by atoms with Crippen LogP contribution in [-0.4, -0.2) is 57.5 Å². The number of hydrogen-bond acceptors (Lipinski definition) is 7. The molecular formula is C23H29N5O6. The number of rotatable bonds is 5. The first-order chi connectivity index (χ1) is 15.9. The Morgan fingerprint density at radius 2 is 1.97 bits per heavy atom. The van der Waals surface area contributed by atoms with Gasteiger partial charge in [-0.1, -0.05) is 6.07 Å². The van der Waals surface area contributed by atoms with E-state index < -0.39 is 29.2 Å². The van der Waals surface area contributed by atoms with Crippen LogP contribution in [0.1, 0.15) is 51.9 Å². The lowest BCUT2D eigenvalue weighted by Crippen LogP contribution is -2.45. The molecule has 0 bridgehead atoms. The number of carbonyl (C=O) groups excluding carboxylic acids is 4. The highest BCUT2D eigenvalue weighted by molar-refractivity contribution is 6.01. The maximum Gasteiger partial charge on any atom is 0.410 e. The Balaban J connectivity index is 1.79. The standard InChI is InChI=1S/C23H29N5O6/c1-13-24-19-14(21(32)28(13)16-9-10-17(29)26-20(16)31)7-6-8-15(19)25-18(30)11-12-27(5)22(33)34-23(2,3)4/h6-8,16H,9-12H2,1-5H3,(H,25,30)(H,26,29,31). The van der Waals surface area contributed by atoms with Crippen LogP contribution >= 0.6 is 0 Å². The molecule has 182 valence electrons. The smallest absolute Gasteiger partial charge is 0.410 e. The molecule has 4 amide bonds. The highest BCUT2D eigenvalue weighted by Crippen LogP contribution is 2.23. The molecule has 0 radical (unpaired) electrons. The summed E-state index contributed by atoms with van der Waals surface area (Å²) in [5.74, 6) is -0.987. The summed E-state index contributed by atoms with van der Waals surface area (Å²) in [4.78, 5) is 67.4. The van der Waals surface area contributed by atoms with Gasteiger partial charge in [0.25, 0.3) is 5.56 Å². The van der Waals surface area contributed by atoms with Gasteiger partial charge in [0, 0.05) is 26.4 Å². The first kappa shape index (κ1) is 24.9. The van der Waals surface area contributed by atoms with Gasteiger partial charge in [0.15, 0.2) is 0 Å². The molecule has 1 aromatic carbocycles. The van der Waals surface area contributed by atoms with E-state index in [1.54, 1.807) is 52.9 Å². The molecule has 1 aliphatic heterocycles. The fourth-order valence-electron chi connectivity index (χ4n) is 3.64. The van der Waals surface area contributed by atoms with Gasteiger partial charge in [-0.2, -0.15) is 0 Å². The highest BCUT2D eigenvalue weighted by atomic mass is 16.6. The number of hydrogen-bond donors (Lipinski definition) is 2. The average Bonchev–Trinajstić information content (AvgIpc) is 2.73. The molecule has 1 aliphatic rings. The summed E-state index contributed by atoms with van der Waals surface area (Å²) in [5.41, 5.74) is -0.431. The Kier molecular flexibility index (Phi) is 7.04. The lowest BCUT2D eigenvalue weighted by atomic mass is 10.1. The van der Waals surface area contributed by atoms with Gasteiger partial charge in [0.1, 0.15) is 23.0 Å². The maximum absolute atomic E-state index is 13.2. The number of aromatic nitrogens is 2. The van der Waals surface area contributed by atoms with E-state index in [4.69, 9.17) is 4.74 Å². The number of nitrogens with one attached hydrogen (secondary N) is 2. The number of ether oxygens (including phenoxy) is 1. The van der Waals surface area contributed by atoms with Crippen molar-refractivity contribution in [1.82, 2.24) is 19.8 Å². The summed E-state index contributed by atoms with van der Waals surface area (Å²) < 4.78 is 6.55. The second-order valence-corrected chi connectivity index (χ2v) is 9.20. The van der Waals surface area contributed by atoms with Crippen molar-refractivity contribution < 1.29 is 23.9 Å². The van der Waals surface area contributed by atoms with Gasteiger partial charge < -0.3 is 15.0 Å². The zero-order chi connectivity index (χ0) is 25.2. The number of anilines is 1. The summed E-state index contributed by atoms with van der Waals surface area (Å²) in [6, 6.07) is 3.97. The minimum absolute atomic E-state index is 0.0124. The van der Waals surface area contributed by atoms with Crippen LogP contribution in [0.25, 0.3) is 10.9 Å². The minimum Gasteiger partial charge on any atom is -0.444 e. The third kappa shape index (κ3) is 5.59. The molecule has 1 aromatic heterocycles. The van der Waals surface area contributed by atoms with Gasteiger partial charge in [0.05, 0.1) is 11.1 Å². The van der Waals surface area contributed by atoms with Crippen molar-refractivity contribution in [2.24, 2.45) is 0 Å². The van der Waals surface area contributed by atoms with Crippen molar-refractivity contribution in [3.8, 4) is 0 Å². The SMILES string of the molecule is Cc1nc2c(NC(=O)CCN(C)C(=O)OC(C)(C)C)cccc2c(=O)n1C1CCC(=O)NC1=O. The highest BCUT2D eigenvalue weighted by Gasteiger charge is 2.30. The zero-order valence-electron chi connectivity index (χ0n) is 19.9. The van der Waals surface area contributed by atoms with Crippen LogP contribution in [0.4, 0.5) is 10.5 Å². The molecule has 2 aromatic rings. The average molecular weight is 472 g/mol. The van der Waals surface area contributed by atoms with E-state index >= 15 is 0 Å². The summed E-state index contributed by atoms with van der Waals surface area (Å²) >= 11 is 0. The van der Waals surface area contributed by atoms with Crippen molar-refractivity contribution in [3.05, 3.63) is 34.4 Å². The van der Waals surface area contributed by atoms with Crippen LogP contribution in [0, 0.1) is 6.92 Å². The lowest BCUT2D eigenvalue weighted by molar-refractivity contribution is -0.135. The second kappa shape index (κ2) is 9.62. The van der Waals surface area contributed by atoms with E-state index in [1.165, 1.54) is 9.47 Å². The molecule has 0 aliphatic carbocycles. The molecule has 11 nitrogen and oxygen atoms in total. The van der Waals surface area contributed by atoms with Crippen LogP contribution in [0.2, 0.25) is 0 Å². The molecule has 2 heterocycles. The molecule has 0 spiro atoms. The summed E-state index contributed by atoms with van der Waals surface area (Å²) in [5, 5.41) is 5.23. The van der Waals surface area contributed by atoms with Gasteiger partial charge in [-0.25, -0.2) is 9.78 Å². The van der Waals surface area contributed by atoms with Crippen LogP contribution < -0.4 is 16.2 Å². The van der Waals surface area contributed by atoms with Crippen LogP contribution in [0.3, 0.4) is 0 Å². The molecular weight excluding hydrogens is 442 g/mol. The molecule has 11 heteroatoms. The number of fused-ring (bicyclic) bond motifs is 1. The summed E-state index contributed by atoms with van der Waals surface area (Å²) in [6.07, 6.45) is -0.177. The largest absolute Gasteiger partial charge is 0.444 e. The van der Waals surface area contributed by atoms with Crippen molar-refractivity contribution in [3.63, 3.8) is 0 Å². The second-order valence-electron chi connectivity index (χ2n) is 9.20. The molecule has 1 unspecified atom stereocenters. The maximum atomic E-state index is 13.2. The van der Waals surface area contributed by atoms with Gasteiger partial charge in [-0.05, 0) is 46.2 Å². The van der Waals surface area contributed by atoms with E-state index in [-0.39, 0.29) is 43.0 Å². The van der Waals surface area contributed by atoms with Crippen LogP contribution in [-0.2, 0) is 19.1 Å². The molecule has 0 saturated carbocycles. The van der Waals surface area contributed by atoms with E-state index in [0.29, 0.717) is 17.0 Å². The normalized spacial score (nSPS) is 16.2. The van der Waals surface area contributed by atoms with E-state index in [1.807, 2.05) is 0 Å². The first-order valence-electron chi connectivity index (χ1n) is 11.0. The van der Waals surface area contributed by atoms with Crippen LogP contribution in [0.5, 0.6) is 0 Å². The van der Waals surface area contributed by atoms with Crippen LogP contribution in [0.15, 0.2) is 23.0 Å². The Bertz CT molecular complexity index is 1210. The van der Waals surface area contributed by atoms with E-state index in [0.717, 1.165) is 0 Å². The molecule has 3 rings (SSSR count). The summed E-state index contributed by atoms with van der Waals surface area (Å²) in [7, 11) is 1.54. The number of benzene rings is 1. The monoisotopic (exact) mass is 471 g/mol. The number of amides is 4. The molecule has 2 N–H and O–H groups in total. The van der Waals surface area contributed by atoms with Crippen molar-refractivity contribution in [2.75, 3.05) is 18.9 Å². The van der Waals surface area contributed by atoms with Gasteiger partial charge in [-0.3, -0.25) is 29.1 Å². The fourth-order valence-corrected chi connectivity index (χ4v) is 3.64. The zero-order valence-corrected chi connectivity index (χ0v) is 19.9. The number of piperidine rings is 1. The Morgan fingerprint density at radius 3 is 2.62 bits per heavy atom. The van der Waals surface area contributed by atoms with E-state index in [2.05, 4.69) is 15.6 Å². The number of imide groups is 1. The van der Waals surface area contributed by atoms with Crippen molar-refractivity contribution in [1.29, 1.82) is 0 Å². The predicted molar refractivity (Wildman–Crippen MR) is 124 cm³/mol. The topological polar surface area (TPSA) is 140 Å². The van der Waals surface area contributed by atoms with Gasteiger partial charge >= 0.3 is 6.09 Å². The van der Waals surface area contributed by atoms with Crippen molar-refractivity contribution >= 4 is 40.4 Å². The Hall–Kier alpha value is -3.76. The number of aryl methyl sites for hydroxylation is 1. The molecule has 1 saturated heterocycles. The van der Waals surface area contributed by atoms with Gasteiger partial charge in [0.2, 0.25) is 17.7 Å². The Labute approximate surface area is 196 Å². The molecule has 1 fully saturated rings. The Morgan fingerprint density at radius 1 is 1.26 bits per heavy atom. The number of para-hydroxylation sites is 1. The quantitative estimate of drug-likeness (QED) is 0.635. The minimum atomic E-state index is -0.830. The number of carbonyl (C=O) groups is 4. The third-order valence-corrected chi connectivity index (χ3v) is 5.28. The third-order valence-electron chi connectivity index (χ3n) is 5.28. The van der Waals surface area contributed by atoms with Gasteiger partial charge in [-0.15, -0.1) is 0 Å².